The lowest BCUT2D eigenvalue weighted by Gasteiger charge is -2.23. The molecular formula is C14H18N2OS2. The molecule has 102 valence electrons. The second-order valence-corrected chi connectivity index (χ2v) is 6.72. The summed E-state index contributed by atoms with van der Waals surface area (Å²) in [5.41, 5.74) is 1.25. The van der Waals surface area contributed by atoms with Crippen molar-refractivity contribution in [1.29, 1.82) is 0 Å². The van der Waals surface area contributed by atoms with Gasteiger partial charge in [-0.15, -0.1) is 11.3 Å². The number of aryl methyl sites for hydroxylation is 1. The van der Waals surface area contributed by atoms with Crippen molar-refractivity contribution in [2.24, 2.45) is 0 Å². The molecule has 0 bridgehead atoms. The number of likely N-dealkylation sites (N-methyl/N-ethyl adjacent to an activating group) is 1. The summed E-state index contributed by atoms with van der Waals surface area (Å²) in [7, 11) is 4.06. The van der Waals surface area contributed by atoms with Gasteiger partial charge in [-0.05, 0) is 55.5 Å². The Morgan fingerprint density at radius 1 is 1.37 bits per heavy atom. The second kappa shape index (κ2) is 6.32. The van der Waals surface area contributed by atoms with Gasteiger partial charge in [0.05, 0.1) is 10.9 Å². The van der Waals surface area contributed by atoms with Crippen LogP contribution in [0.2, 0.25) is 0 Å². The highest BCUT2D eigenvalue weighted by Gasteiger charge is 2.16. The number of hydrogen-bond acceptors (Lipinski definition) is 4. The fourth-order valence-electron chi connectivity index (χ4n) is 1.90. The molecule has 19 heavy (non-hydrogen) atoms. The van der Waals surface area contributed by atoms with Gasteiger partial charge in [0, 0.05) is 11.4 Å². The minimum Gasteiger partial charge on any atom is -0.349 e. The molecule has 3 nitrogen and oxygen atoms in total. The average Bonchev–Trinajstić information content (AvgIpc) is 3.00. The molecule has 5 heteroatoms. The molecule has 0 radical (unpaired) electrons. The Labute approximate surface area is 121 Å². The molecule has 0 aliphatic carbocycles. The van der Waals surface area contributed by atoms with Crippen LogP contribution in [0, 0.1) is 6.92 Å². The van der Waals surface area contributed by atoms with E-state index in [1.165, 1.54) is 16.9 Å². The summed E-state index contributed by atoms with van der Waals surface area (Å²) < 4.78 is 0. The van der Waals surface area contributed by atoms with Crippen molar-refractivity contribution in [1.82, 2.24) is 10.2 Å². The predicted molar refractivity (Wildman–Crippen MR) is 82.1 cm³/mol. The smallest absolute Gasteiger partial charge is 0.261 e. The molecular weight excluding hydrogens is 276 g/mol. The van der Waals surface area contributed by atoms with Gasteiger partial charge < -0.3 is 10.2 Å². The highest BCUT2D eigenvalue weighted by molar-refractivity contribution is 7.13. The lowest BCUT2D eigenvalue weighted by atomic mass is 10.1. The van der Waals surface area contributed by atoms with E-state index in [1.54, 1.807) is 11.3 Å². The maximum atomic E-state index is 12.0. The molecule has 0 unspecified atom stereocenters. The molecule has 2 heterocycles. The summed E-state index contributed by atoms with van der Waals surface area (Å²) in [6.07, 6.45) is 0. The third-order valence-corrected chi connectivity index (χ3v) is 4.67. The number of carbonyl (C=O) groups is 1. The van der Waals surface area contributed by atoms with Crippen LogP contribution < -0.4 is 5.32 Å². The zero-order chi connectivity index (χ0) is 13.8. The zero-order valence-electron chi connectivity index (χ0n) is 11.3. The third-order valence-electron chi connectivity index (χ3n) is 2.97. The van der Waals surface area contributed by atoms with Gasteiger partial charge in [-0.1, -0.05) is 0 Å². The van der Waals surface area contributed by atoms with E-state index < -0.39 is 0 Å². The van der Waals surface area contributed by atoms with Gasteiger partial charge in [-0.3, -0.25) is 4.79 Å². The van der Waals surface area contributed by atoms with Gasteiger partial charge in [-0.25, -0.2) is 0 Å². The van der Waals surface area contributed by atoms with E-state index in [2.05, 4.69) is 27.0 Å². The minimum atomic E-state index is 0.0141. The predicted octanol–water partition coefficient (Wildman–Crippen LogP) is 3.15. The van der Waals surface area contributed by atoms with Gasteiger partial charge in [0.15, 0.2) is 0 Å². The van der Waals surface area contributed by atoms with Crippen molar-refractivity contribution < 1.29 is 4.79 Å². The van der Waals surface area contributed by atoms with Crippen LogP contribution in [0.25, 0.3) is 0 Å². The highest BCUT2D eigenvalue weighted by atomic mass is 32.1. The lowest BCUT2D eigenvalue weighted by Crippen LogP contribution is -2.34. The summed E-state index contributed by atoms with van der Waals surface area (Å²) in [4.78, 5) is 16.1. The summed E-state index contributed by atoms with van der Waals surface area (Å²) in [6, 6.07) is 6.18. The molecule has 1 amide bonds. The number of carbonyl (C=O) groups excluding carboxylic acids is 1. The van der Waals surface area contributed by atoms with E-state index in [1.807, 2.05) is 33.2 Å². The molecule has 0 aliphatic rings. The lowest BCUT2D eigenvalue weighted by molar-refractivity contribution is 0.0946. The standard InChI is InChI=1S/C14H18N2OS2/c1-10-4-5-13(19-10)14(17)15-8-12(16(2)3)11-6-7-18-9-11/h4-7,9,12H,8H2,1-3H3,(H,15,17)/t12-/m1/s1. The molecule has 2 aromatic rings. The Hall–Kier alpha value is -1.17. The van der Waals surface area contributed by atoms with E-state index >= 15 is 0 Å². The van der Waals surface area contributed by atoms with Crippen LogP contribution >= 0.6 is 22.7 Å². The van der Waals surface area contributed by atoms with Crippen LogP contribution in [0.3, 0.4) is 0 Å². The number of amides is 1. The maximum absolute atomic E-state index is 12.0. The van der Waals surface area contributed by atoms with Crippen molar-refractivity contribution in [3.8, 4) is 0 Å². The molecule has 0 fully saturated rings. The minimum absolute atomic E-state index is 0.0141. The van der Waals surface area contributed by atoms with Crippen LogP contribution in [0.5, 0.6) is 0 Å². The normalized spacial score (nSPS) is 12.6. The number of nitrogens with one attached hydrogen (secondary N) is 1. The number of rotatable bonds is 5. The van der Waals surface area contributed by atoms with Gasteiger partial charge in [0.2, 0.25) is 0 Å². The van der Waals surface area contributed by atoms with Crippen molar-refractivity contribution >= 4 is 28.6 Å². The first-order valence-corrected chi connectivity index (χ1v) is 7.87. The monoisotopic (exact) mass is 294 g/mol. The Kier molecular flexibility index (Phi) is 4.74. The molecule has 0 aromatic carbocycles. The van der Waals surface area contributed by atoms with Crippen LogP contribution in [-0.4, -0.2) is 31.4 Å². The topological polar surface area (TPSA) is 32.3 Å². The van der Waals surface area contributed by atoms with Crippen LogP contribution in [0.4, 0.5) is 0 Å². The fourth-order valence-corrected chi connectivity index (χ4v) is 3.39. The number of nitrogens with zero attached hydrogens (tertiary/aromatic N) is 1. The van der Waals surface area contributed by atoms with Gasteiger partial charge in [-0.2, -0.15) is 11.3 Å². The van der Waals surface area contributed by atoms with Crippen LogP contribution in [-0.2, 0) is 0 Å². The molecule has 0 saturated carbocycles. The van der Waals surface area contributed by atoms with Crippen molar-refractivity contribution in [2.45, 2.75) is 13.0 Å². The Morgan fingerprint density at radius 2 is 2.16 bits per heavy atom. The summed E-state index contributed by atoms with van der Waals surface area (Å²) in [5, 5.41) is 7.21. The van der Waals surface area contributed by atoms with Gasteiger partial charge in [0.1, 0.15) is 0 Å². The van der Waals surface area contributed by atoms with E-state index in [4.69, 9.17) is 0 Å². The average molecular weight is 294 g/mol. The molecule has 2 rings (SSSR count). The quantitative estimate of drug-likeness (QED) is 0.919. The summed E-state index contributed by atoms with van der Waals surface area (Å²) in [6.45, 7) is 2.63. The molecule has 2 aromatic heterocycles. The van der Waals surface area contributed by atoms with Crippen molar-refractivity contribution in [3.63, 3.8) is 0 Å². The molecule has 0 spiro atoms. The molecule has 0 saturated heterocycles. The largest absolute Gasteiger partial charge is 0.349 e. The Bertz CT molecular complexity index is 531. The first-order chi connectivity index (χ1) is 9.08. The van der Waals surface area contributed by atoms with E-state index in [9.17, 15) is 4.79 Å². The highest BCUT2D eigenvalue weighted by Crippen LogP contribution is 2.20. The van der Waals surface area contributed by atoms with Crippen LogP contribution in [0.1, 0.15) is 26.2 Å². The zero-order valence-corrected chi connectivity index (χ0v) is 13.0. The van der Waals surface area contributed by atoms with Crippen LogP contribution in [0.15, 0.2) is 29.0 Å². The number of thiophene rings is 2. The first-order valence-electron chi connectivity index (χ1n) is 6.11. The van der Waals surface area contributed by atoms with Gasteiger partial charge >= 0.3 is 0 Å². The molecule has 0 aliphatic heterocycles. The molecule has 1 atom stereocenters. The summed E-state index contributed by atoms with van der Waals surface area (Å²) >= 11 is 3.21. The first kappa shape index (κ1) is 14.2. The van der Waals surface area contributed by atoms with Gasteiger partial charge in [0.25, 0.3) is 5.91 Å². The van der Waals surface area contributed by atoms with E-state index in [-0.39, 0.29) is 11.9 Å². The van der Waals surface area contributed by atoms with E-state index in [0.29, 0.717) is 6.54 Å². The van der Waals surface area contributed by atoms with Crippen molar-refractivity contribution in [2.75, 3.05) is 20.6 Å². The SMILES string of the molecule is Cc1ccc(C(=O)NC[C@H](c2ccsc2)N(C)C)s1. The summed E-state index contributed by atoms with van der Waals surface area (Å²) in [5.74, 6) is 0.0141. The fraction of sp³-hybridized carbons (Fsp3) is 0.357. The van der Waals surface area contributed by atoms with Crippen molar-refractivity contribution in [3.05, 3.63) is 44.3 Å². The van der Waals surface area contributed by atoms with E-state index in [0.717, 1.165) is 9.75 Å². The Morgan fingerprint density at radius 3 is 2.68 bits per heavy atom. The Balaban J connectivity index is 1.98. The third kappa shape index (κ3) is 3.65. The maximum Gasteiger partial charge on any atom is 0.261 e. The second-order valence-electron chi connectivity index (χ2n) is 4.66. The number of hydrogen-bond donors (Lipinski definition) is 1. The molecule has 1 N–H and O–H groups in total.